The summed E-state index contributed by atoms with van der Waals surface area (Å²) in [4.78, 5) is 6.76. The van der Waals surface area contributed by atoms with Gasteiger partial charge in [-0.05, 0) is 26.3 Å². The number of ether oxygens (including phenoxy) is 2. The van der Waals surface area contributed by atoms with E-state index in [9.17, 15) is 0 Å². The molecule has 148 valence electrons. The molecule has 2 atom stereocenters. The lowest BCUT2D eigenvalue weighted by molar-refractivity contribution is -0.0679. The van der Waals surface area contributed by atoms with Gasteiger partial charge >= 0.3 is 0 Å². The third-order valence-corrected chi connectivity index (χ3v) is 4.30. The molecular weight excluding hydrogens is 443 g/mol. The molecule has 1 saturated heterocycles. The molecule has 0 radical (unpaired) electrons. The van der Waals surface area contributed by atoms with Crippen molar-refractivity contribution >= 4 is 29.9 Å². The van der Waals surface area contributed by atoms with E-state index < -0.39 is 0 Å². The smallest absolute Gasteiger partial charge is 0.191 e. The summed E-state index contributed by atoms with van der Waals surface area (Å²) in [6.07, 6.45) is 1.73. The normalized spacial score (nSPS) is 21.0. The van der Waals surface area contributed by atoms with Crippen LogP contribution in [0.2, 0.25) is 0 Å². The first kappa shape index (κ1) is 23.0. The third-order valence-electron chi connectivity index (χ3n) is 4.30. The fourth-order valence-corrected chi connectivity index (χ4v) is 3.22. The average molecular weight is 476 g/mol. The van der Waals surface area contributed by atoms with E-state index in [-0.39, 0.29) is 24.0 Å². The molecule has 26 heavy (non-hydrogen) atoms. The molecule has 1 aliphatic rings. The molecule has 2 unspecified atom stereocenters. The highest BCUT2D eigenvalue weighted by molar-refractivity contribution is 14.0. The Bertz CT molecular complexity index is 546. The molecule has 1 aromatic rings. The number of rotatable bonds is 7. The number of benzene rings is 1. The Labute approximate surface area is 174 Å². The van der Waals surface area contributed by atoms with Gasteiger partial charge in [-0.1, -0.05) is 18.2 Å². The van der Waals surface area contributed by atoms with Crippen LogP contribution in [0, 0.1) is 0 Å². The Morgan fingerprint density at radius 3 is 2.58 bits per heavy atom. The molecule has 0 amide bonds. The Kier molecular flexibility index (Phi) is 10.9. The van der Waals surface area contributed by atoms with Gasteiger partial charge in [0.05, 0.1) is 19.3 Å². The summed E-state index contributed by atoms with van der Waals surface area (Å²) < 4.78 is 11.2. The summed E-state index contributed by atoms with van der Waals surface area (Å²) in [6, 6.07) is 8.01. The summed E-state index contributed by atoms with van der Waals surface area (Å²) in [5, 5.41) is 6.72. The van der Waals surface area contributed by atoms with Gasteiger partial charge in [-0.2, -0.15) is 0 Å². The first-order valence-electron chi connectivity index (χ1n) is 9.06. The molecule has 2 N–H and O–H groups in total. The molecule has 6 nitrogen and oxygen atoms in total. The summed E-state index contributed by atoms with van der Waals surface area (Å²) in [5.41, 5.74) is 1.12. The van der Waals surface area contributed by atoms with Crippen LogP contribution in [0.5, 0.6) is 5.75 Å². The molecule has 1 aromatic carbocycles. The van der Waals surface area contributed by atoms with Crippen LogP contribution < -0.4 is 15.4 Å². The van der Waals surface area contributed by atoms with Crippen molar-refractivity contribution in [2.75, 3.05) is 40.3 Å². The minimum atomic E-state index is 0. The zero-order valence-corrected chi connectivity index (χ0v) is 18.7. The lowest BCUT2D eigenvalue weighted by Crippen LogP contribution is -2.46. The van der Waals surface area contributed by atoms with Crippen molar-refractivity contribution in [2.24, 2.45) is 4.99 Å². The van der Waals surface area contributed by atoms with E-state index in [1.165, 1.54) is 0 Å². The number of halogens is 1. The van der Waals surface area contributed by atoms with E-state index in [2.05, 4.69) is 40.4 Å². The number of nitrogens with one attached hydrogen (secondary N) is 2. The second-order valence-corrected chi connectivity index (χ2v) is 6.53. The van der Waals surface area contributed by atoms with Crippen LogP contribution in [0.4, 0.5) is 0 Å². The van der Waals surface area contributed by atoms with Gasteiger partial charge in [-0.25, -0.2) is 0 Å². The van der Waals surface area contributed by atoms with Crippen molar-refractivity contribution in [3.05, 3.63) is 29.8 Å². The maximum Gasteiger partial charge on any atom is 0.191 e. The van der Waals surface area contributed by atoms with E-state index in [0.717, 1.165) is 49.9 Å². The summed E-state index contributed by atoms with van der Waals surface area (Å²) in [6.45, 7) is 8.98. The lowest BCUT2D eigenvalue weighted by Gasteiger charge is -2.35. The second kappa shape index (κ2) is 12.3. The average Bonchev–Trinajstić information content (AvgIpc) is 2.60. The first-order chi connectivity index (χ1) is 12.1. The first-order valence-corrected chi connectivity index (χ1v) is 9.06. The standard InChI is InChI=1S/C19H32N4O2.HI/c1-15-13-23(14-16(2)25-15)11-7-10-21-19(20-3)22-12-17-8-5-6-9-18(17)24-4;/h5-6,8-9,15-16H,7,10-14H2,1-4H3,(H2,20,21,22);1H. The van der Waals surface area contributed by atoms with E-state index in [1.807, 2.05) is 18.2 Å². The second-order valence-electron chi connectivity index (χ2n) is 6.53. The van der Waals surface area contributed by atoms with Crippen molar-refractivity contribution in [2.45, 2.75) is 39.0 Å². The zero-order chi connectivity index (χ0) is 18.1. The van der Waals surface area contributed by atoms with Crippen LogP contribution >= 0.6 is 24.0 Å². The van der Waals surface area contributed by atoms with E-state index in [4.69, 9.17) is 9.47 Å². The largest absolute Gasteiger partial charge is 0.496 e. The van der Waals surface area contributed by atoms with Crippen LogP contribution in [0.1, 0.15) is 25.8 Å². The van der Waals surface area contributed by atoms with Crippen LogP contribution in [0.15, 0.2) is 29.3 Å². The Hall–Kier alpha value is -1.06. The van der Waals surface area contributed by atoms with Crippen LogP contribution in [0.25, 0.3) is 0 Å². The van der Waals surface area contributed by atoms with Gasteiger partial charge < -0.3 is 20.1 Å². The number of morpholine rings is 1. The summed E-state index contributed by atoms with van der Waals surface area (Å²) in [7, 11) is 3.49. The maximum atomic E-state index is 5.77. The van der Waals surface area contributed by atoms with Crippen molar-refractivity contribution in [3.8, 4) is 5.75 Å². The van der Waals surface area contributed by atoms with Crippen LogP contribution in [-0.2, 0) is 11.3 Å². The highest BCUT2D eigenvalue weighted by atomic mass is 127. The quantitative estimate of drug-likeness (QED) is 0.274. The van der Waals surface area contributed by atoms with Gasteiger partial charge in [0, 0.05) is 45.3 Å². The maximum absolute atomic E-state index is 5.77. The SMILES string of the molecule is CN=C(NCCCN1CC(C)OC(C)C1)NCc1ccccc1OC.I. The minimum absolute atomic E-state index is 0. The monoisotopic (exact) mass is 476 g/mol. The highest BCUT2D eigenvalue weighted by Gasteiger charge is 2.21. The molecule has 0 saturated carbocycles. The van der Waals surface area contributed by atoms with E-state index >= 15 is 0 Å². The Balaban J connectivity index is 0.00000338. The number of guanidine groups is 1. The zero-order valence-electron chi connectivity index (χ0n) is 16.3. The van der Waals surface area contributed by atoms with Gasteiger partial charge in [0.1, 0.15) is 5.75 Å². The Morgan fingerprint density at radius 2 is 1.92 bits per heavy atom. The van der Waals surface area contributed by atoms with Crippen molar-refractivity contribution < 1.29 is 9.47 Å². The van der Waals surface area contributed by atoms with Gasteiger partial charge in [0.25, 0.3) is 0 Å². The molecule has 7 heteroatoms. The molecule has 2 rings (SSSR count). The van der Waals surface area contributed by atoms with Crippen LogP contribution in [0.3, 0.4) is 0 Å². The third kappa shape index (κ3) is 7.67. The van der Waals surface area contributed by atoms with Crippen molar-refractivity contribution in [3.63, 3.8) is 0 Å². The fraction of sp³-hybridized carbons (Fsp3) is 0.632. The molecule has 1 fully saturated rings. The van der Waals surface area contributed by atoms with E-state index in [0.29, 0.717) is 18.8 Å². The number of aliphatic imine (C=N–C) groups is 1. The van der Waals surface area contributed by atoms with Gasteiger partial charge in [0.15, 0.2) is 5.96 Å². The van der Waals surface area contributed by atoms with Gasteiger partial charge in [-0.3, -0.25) is 9.89 Å². The molecule has 1 aliphatic heterocycles. The fourth-order valence-electron chi connectivity index (χ4n) is 3.22. The number of hydrogen-bond acceptors (Lipinski definition) is 4. The number of para-hydroxylation sites is 1. The molecular formula is C19H33IN4O2. The molecule has 0 bridgehead atoms. The predicted molar refractivity (Wildman–Crippen MR) is 118 cm³/mol. The van der Waals surface area contributed by atoms with Gasteiger partial charge in [-0.15, -0.1) is 24.0 Å². The van der Waals surface area contributed by atoms with Crippen molar-refractivity contribution in [1.29, 1.82) is 0 Å². The van der Waals surface area contributed by atoms with Crippen molar-refractivity contribution in [1.82, 2.24) is 15.5 Å². The van der Waals surface area contributed by atoms with Crippen LogP contribution in [-0.4, -0.2) is 63.4 Å². The highest BCUT2D eigenvalue weighted by Crippen LogP contribution is 2.16. The predicted octanol–water partition coefficient (Wildman–Crippen LogP) is 2.48. The summed E-state index contributed by atoms with van der Waals surface area (Å²) in [5.74, 6) is 1.70. The summed E-state index contributed by atoms with van der Waals surface area (Å²) >= 11 is 0. The molecule has 1 heterocycles. The minimum Gasteiger partial charge on any atom is -0.496 e. The van der Waals surface area contributed by atoms with E-state index in [1.54, 1.807) is 14.2 Å². The Morgan fingerprint density at radius 1 is 1.23 bits per heavy atom. The van der Waals surface area contributed by atoms with Gasteiger partial charge in [0.2, 0.25) is 0 Å². The molecule has 0 spiro atoms. The number of hydrogen-bond donors (Lipinski definition) is 2. The number of methoxy groups -OCH3 is 1. The number of nitrogens with zero attached hydrogens (tertiary/aromatic N) is 2. The lowest BCUT2D eigenvalue weighted by atomic mass is 10.2. The molecule has 0 aliphatic carbocycles. The topological polar surface area (TPSA) is 58.1 Å². The molecule has 0 aromatic heterocycles.